The summed E-state index contributed by atoms with van der Waals surface area (Å²) >= 11 is 0. The van der Waals surface area contributed by atoms with Crippen molar-refractivity contribution in [1.29, 1.82) is 0 Å². The Balaban J connectivity index is 2.33. The molecule has 0 saturated heterocycles. The number of hydrogen-bond donors (Lipinski definition) is 1. The Hall–Kier alpha value is -1.09. The number of rotatable bonds is 6. The van der Waals surface area contributed by atoms with E-state index in [9.17, 15) is 9.50 Å². The van der Waals surface area contributed by atoms with Crippen LogP contribution in [0.5, 0.6) is 0 Å². The van der Waals surface area contributed by atoms with Crippen LogP contribution in [0.4, 0.5) is 10.1 Å². The first kappa shape index (κ1) is 13.3. The summed E-state index contributed by atoms with van der Waals surface area (Å²) in [7, 11) is 0. The predicted molar refractivity (Wildman–Crippen MR) is 72.3 cm³/mol. The number of aliphatic hydroxyl groups is 1. The van der Waals surface area contributed by atoms with Gasteiger partial charge in [0.25, 0.3) is 0 Å². The van der Waals surface area contributed by atoms with E-state index in [1.807, 2.05) is 6.07 Å². The highest BCUT2D eigenvalue weighted by Gasteiger charge is 2.32. The Morgan fingerprint density at radius 2 is 2.17 bits per heavy atom. The molecule has 100 valence electrons. The van der Waals surface area contributed by atoms with Crippen molar-refractivity contribution < 1.29 is 9.50 Å². The third-order valence-electron chi connectivity index (χ3n) is 3.50. The Bertz CT molecular complexity index is 401. The molecule has 1 saturated carbocycles. The summed E-state index contributed by atoms with van der Waals surface area (Å²) in [5, 5.41) is 9.81. The standard InChI is InChI=1S/C15H22FNO/c1-3-4-10-17(12-8-9-12)15-13(11(2)18)6-5-7-14(15)16/h5-7,11-12,18H,3-4,8-10H2,1-2H3. The summed E-state index contributed by atoms with van der Waals surface area (Å²) in [6, 6.07) is 5.45. The van der Waals surface area contributed by atoms with Crippen molar-refractivity contribution in [2.75, 3.05) is 11.4 Å². The highest BCUT2D eigenvalue weighted by Crippen LogP contribution is 2.37. The zero-order chi connectivity index (χ0) is 13.1. The maximum atomic E-state index is 14.1. The fraction of sp³-hybridized carbons (Fsp3) is 0.600. The second-order valence-corrected chi connectivity index (χ2v) is 5.13. The molecule has 0 aliphatic heterocycles. The summed E-state index contributed by atoms with van der Waals surface area (Å²) in [5.41, 5.74) is 1.32. The molecule has 1 fully saturated rings. The summed E-state index contributed by atoms with van der Waals surface area (Å²) in [5.74, 6) is -0.212. The third-order valence-corrected chi connectivity index (χ3v) is 3.50. The number of para-hydroxylation sites is 1. The van der Waals surface area contributed by atoms with Gasteiger partial charge >= 0.3 is 0 Å². The van der Waals surface area contributed by atoms with E-state index in [1.165, 1.54) is 6.07 Å². The average Bonchev–Trinajstić information content (AvgIpc) is 3.15. The lowest BCUT2D eigenvalue weighted by atomic mass is 10.1. The molecule has 0 aromatic heterocycles. The molecule has 1 atom stereocenters. The minimum absolute atomic E-state index is 0.212. The first-order chi connectivity index (χ1) is 8.65. The fourth-order valence-electron chi connectivity index (χ4n) is 2.36. The number of aliphatic hydroxyl groups excluding tert-OH is 1. The van der Waals surface area contributed by atoms with Crippen LogP contribution >= 0.6 is 0 Å². The van der Waals surface area contributed by atoms with Gasteiger partial charge in [-0.15, -0.1) is 0 Å². The van der Waals surface area contributed by atoms with Crippen molar-refractivity contribution in [3.8, 4) is 0 Å². The largest absolute Gasteiger partial charge is 0.389 e. The number of anilines is 1. The topological polar surface area (TPSA) is 23.5 Å². The van der Waals surface area contributed by atoms with Crippen LogP contribution in [0, 0.1) is 5.82 Å². The molecule has 2 rings (SSSR count). The molecule has 1 unspecified atom stereocenters. The molecule has 0 bridgehead atoms. The van der Waals surface area contributed by atoms with Crippen LogP contribution in [0.1, 0.15) is 51.2 Å². The van der Waals surface area contributed by atoms with Crippen molar-refractivity contribution in [1.82, 2.24) is 0 Å². The lowest BCUT2D eigenvalue weighted by Gasteiger charge is -2.28. The van der Waals surface area contributed by atoms with Crippen molar-refractivity contribution >= 4 is 5.69 Å². The number of halogens is 1. The van der Waals surface area contributed by atoms with Gasteiger partial charge in [0.2, 0.25) is 0 Å². The minimum atomic E-state index is -0.626. The summed E-state index contributed by atoms with van der Waals surface area (Å²) in [6.07, 6.45) is 3.80. The second kappa shape index (κ2) is 5.70. The molecular weight excluding hydrogens is 229 g/mol. The van der Waals surface area contributed by atoms with Gasteiger partial charge in [0.15, 0.2) is 0 Å². The molecule has 3 heteroatoms. The molecule has 0 amide bonds. The number of benzene rings is 1. The van der Waals surface area contributed by atoms with E-state index in [-0.39, 0.29) is 5.82 Å². The van der Waals surface area contributed by atoms with E-state index in [0.717, 1.165) is 32.2 Å². The molecule has 0 spiro atoms. The zero-order valence-corrected chi connectivity index (χ0v) is 11.2. The first-order valence-electron chi connectivity index (χ1n) is 6.88. The molecule has 0 heterocycles. The minimum Gasteiger partial charge on any atom is -0.389 e. The molecule has 1 N–H and O–H groups in total. The van der Waals surface area contributed by atoms with Gasteiger partial charge in [-0.1, -0.05) is 25.5 Å². The van der Waals surface area contributed by atoms with Crippen LogP contribution in [0.15, 0.2) is 18.2 Å². The number of hydrogen-bond acceptors (Lipinski definition) is 2. The first-order valence-corrected chi connectivity index (χ1v) is 6.88. The molecule has 2 nitrogen and oxygen atoms in total. The Morgan fingerprint density at radius 3 is 2.72 bits per heavy atom. The summed E-state index contributed by atoms with van der Waals surface area (Å²) in [6.45, 7) is 4.72. The second-order valence-electron chi connectivity index (χ2n) is 5.13. The van der Waals surface area contributed by atoms with Crippen molar-refractivity contribution in [2.24, 2.45) is 0 Å². The van der Waals surface area contributed by atoms with Gasteiger partial charge in [0, 0.05) is 18.2 Å². The van der Waals surface area contributed by atoms with E-state index in [4.69, 9.17) is 0 Å². The average molecular weight is 251 g/mol. The molecule has 18 heavy (non-hydrogen) atoms. The Labute approximate surface area is 108 Å². The number of nitrogens with zero attached hydrogens (tertiary/aromatic N) is 1. The SMILES string of the molecule is CCCCN(c1c(F)cccc1C(C)O)C1CC1. The maximum absolute atomic E-state index is 14.1. The van der Waals surface area contributed by atoms with Gasteiger partial charge in [-0.25, -0.2) is 4.39 Å². The van der Waals surface area contributed by atoms with Gasteiger partial charge in [0.05, 0.1) is 11.8 Å². The van der Waals surface area contributed by atoms with Gasteiger partial charge in [-0.3, -0.25) is 0 Å². The van der Waals surface area contributed by atoms with Crippen LogP contribution in [-0.2, 0) is 0 Å². The van der Waals surface area contributed by atoms with Gasteiger partial charge in [-0.05, 0) is 32.3 Å². The van der Waals surface area contributed by atoms with Crippen LogP contribution in [0.2, 0.25) is 0 Å². The molecule has 1 aliphatic carbocycles. The Kier molecular flexibility index (Phi) is 4.23. The monoisotopic (exact) mass is 251 g/mol. The lowest BCUT2D eigenvalue weighted by molar-refractivity contribution is 0.199. The van der Waals surface area contributed by atoms with Crippen molar-refractivity contribution in [3.63, 3.8) is 0 Å². The zero-order valence-electron chi connectivity index (χ0n) is 11.2. The summed E-state index contributed by atoms with van der Waals surface area (Å²) < 4.78 is 14.1. The normalized spacial score (nSPS) is 16.7. The Morgan fingerprint density at radius 1 is 1.44 bits per heavy atom. The molecular formula is C15H22FNO. The van der Waals surface area contributed by atoms with Crippen LogP contribution in [-0.4, -0.2) is 17.7 Å². The molecule has 1 aliphatic rings. The lowest BCUT2D eigenvalue weighted by Crippen LogP contribution is -2.29. The van der Waals surface area contributed by atoms with Gasteiger partial charge < -0.3 is 10.0 Å². The van der Waals surface area contributed by atoms with Crippen LogP contribution < -0.4 is 4.90 Å². The van der Waals surface area contributed by atoms with E-state index in [2.05, 4.69) is 11.8 Å². The predicted octanol–water partition coefficient (Wildman–Crippen LogP) is 3.65. The van der Waals surface area contributed by atoms with Crippen LogP contribution in [0.25, 0.3) is 0 Å². The highest BCUT2D eigenvalue weighted by molar-refractivity contribution is 5.57. The van der Waals surface area contributed by atoms with E-state index in [1.54, 1.807) is 13.0 Å². The summed E-state index contributed by atoms with van der Waals surface area (Å²) in [4.78, 5) is 2.15. The number of unbranched alkanes of at least 4 members (excludes halogenated alkanes) is 1. The third kappa shape index (κ3) is 2.83. The van der Waals surface area contributed by atoms with Gasteiger partial charge in [-0.2, -0.15) is 0 Å². The fourth-order valence-corrected chi connectivity index (χ4v) is 2.36. The smallest absolute Gasteiger partial charge is 0.146 e. The molecule has 1 aromatic rings. The van der Waals surface area contributed by atoms with E-state index < -0.39 is 6.10 Å². The molecule has 1 aromatic carbocycles. The maximum Gasteiger partial charge on any atom is 0.146 e. The van der Waals surface area contributed by atoms with E-state index >= 15 is 0 Å². The van der Waals surface area contributed by atoms with Crippen molar-refractivity contribution in [2.45, 2.75) is 51.7 Å². The molecule has 0 radical (unpaired) electrons. The van der Waals surface area contributed by atoms with Crippen LogP contribution in [0.3, 0.4) is 0 Å². The quantitative estimate of drug-likeness (QED) is 0.834. The van der Waals surface area contributed by atoms with E-state index in [0.29, 0.717) is 17.3 Å². The van der Waals surface area contributed by atoms with Gasteiger partial charge in [0.1, 0.15) is 5.82 Å². The highest BCUT2D eigenvalue weighted by atomic mass is 19.1. The van der Waals surface area contributed by atoms with Crippen molar-refractivity contribution in [3.05, 3.63) is 29.6 Å².